The van der Waals surface area contributed by atoms with E-state index in [1.807, 2.05) is 60.8 Å². The third-order valence-electron chi connectivity index (χ3n) is 2.64. The van der Waals surface area contributed by atoms with Gasteiger partial charge in [0.1, 0.15) is 11.6 Å². The van der Waals surface area contributed by atoms with Crippen LogP contribution in [0, 0.1) is 10.2 Å². The van der Waals surface area contributed by atoms with Crippen LogP contribution in [0.25, 0.3) is 0 Å². The Balaban J connectivity index is 0.000000399. The summed E-state index contributed by atoms with van der Waals surface area (Å²) in [6, 6.07) is 17.3. The first-order chi connectivity index (χ1) is 11.9. The Labute approximate surface area is 145 Å². The molecule has 0 bridgehead atoms. The van der Waals surface area contributed by atoms with Crippen molar-refractivity contribution in [2.24, 2.45) is 0 Å². The number of hydrogen-bond acceptors (Lipinski definition) is 8. The van der Waals surface area contributed by atoms with E-state index in [1.165, 1.54) is 0 Å². The Morgan fingerprint density at radius 3 is 2.00 bits per heavy atom. The molecule has 0 atom stereocenters. The summed E-state index contributed by atoms with van der Waals surface area (Å²) in [7, 11) is -4.94. The maximum atomic E-state index is 8.49. The van der Waals surface area contributed by atoms with Gasteiger partial charge in [-0.2, -0.15) is 4.98 Å². The maximum absolute atomic E-state index is 8.49. The number of aromatic amines is 1. The molecule has 0 radical (unpaired) electrons. The van der Waals surface area contributed by atoms with Crippen LogP contribution in [0.5, 0.6) is 0 Å². The molecule has 0 fully saturated rings. The number of rotatable bonds is 4. The van der Waals surface area contributed by atoms with Gasteiger partial charge in [0, 0.05) is 18.3 Å². The number of halogens is 1. The predicted molar refractivity (Wildman–Crippen MR) is 78.0 cm³/mol. The average molecular weight is 364 g/mol. The monoisotopic (exact) mass is 363 g/mol. The minimum Gasteiger partial charge on any atom is -0.325 e. The maximum Gasteiger partial charge on any atom is 0.278 e. The van der Waals surface area contributed by atoms with Gasteiger partial charge in [-0.15, -0.1) is 10.2 Å². The summed E-state index contributed by atoms with van der Waals surface area (Å²) in [5, 5.41) is 6.36. The second-order valence-corrected chi connectivity index (χ2v) is 5.28. The SMILES string of the molecule is [O-][Cl+3]([O-])([O-])[O-].c1ccc(Nc2cccc(Nc3cccc[nH+]3)n2)nc1. The van der Waals surface area contributed by atoms with Crippen molar-refractivity contribution in [1.29, 1.82) is 0 Å². The van der Waals surface area contributed by atoms with Crippen LogP contribution in [0.2, 0.25) is 0 Å². The molecule has 0 aliphatic rings. The van der Waals surface area contributed by atoms with Gasteiger partial charge in [-0.05, 0) is 24.3 Å². The molecule has 0 aromatic carbocycles. The molecule has 3 N–H and O–H groups in total. The normalized spacial score (nSPS) is 10.4. The van der Waals surface area contributed by atoms with Crippen molar-refractivity contribution in [2.75, 3.05) is 10.6 Å². The lowest BCUT2D eigenvalue weighted by Crippen LogP contribution is -2.68. The fourth-order valence-electron chi connectivity index (χ4n) is 1.75. The second kappa shape index (κ2) is 8.87. The molecule has 0 saturated carbocycles. The van der Waals surface area contributed by atoms with Crippen molar-refractivity contribution < 1.29 is 33.9 Å². The van der Waals surface area contributed by atoms with Crippen molar-refractivity contribution in [3.05, 3.63) is 67.0 Å². The van der Waals surface area contributed by atoms with Gasteiger partial charge in [-0.25, -0.2) is 33.9 Å². The number of H-pyrrole nitrogens is 1. The molecule has 25 heavy (non-hydrogen) atoms. The van der Waals surface area contributed by atoms with E-state index in [1.54, 1.807) is 6.20 Å². The van der Waals surface area contributed by atoms with Crippen LogP contribution in [0.1, 0.15) is 0 Å². The van der Waals surface area contributed by atoms with E-state index in [0.717, 1.165) is 23.3 Å². The quantitative estimate of drug-likeness (QED) is 0.540. The zero-order chi connectivity index (χ0) is 18.1. The van der Waals surface area contributed by atoms with Crippen LogP contribution in [0.4, 0.5) is 23.3 Å². The van der Waals surface area contributed by atoms with E-state index in [9.17, 15) is 0 Å². The first kappa shape index (κ1) is 18.5. The third kappa shape index (κ3) is 8.01. The highest BCUT2D eigenvalue weighted by Crippen LogP contribution is 2.15. The summed E-state index contributed by atoms with van der Waals surface area (Å²) in [6.45, 7) is 0. The number of anilines is 4. The molecule has 10 heteroatoms. The lowest BCUT2D eigenvalue weighted by molar-refractivity contribution is -2.00. The number of nitrogens with zero attached hydrogens (tertiary/aromatic N) is 2. The Hall–Kier alpha value is -2.82. The zero-order valence-corrected chi connectivity index (χ0v) is 13.5. The highest BCUT2D eigenvalue weighted by Gasteiger charge is 2.04. The van der Waals surface area contributed by atoms with Crippen LogP contribution in [-0.2, 0) is 0 Å². The molecule has 0 amide bonds. The fourth-order valence-corrected chi connectivity index (χ4v) is 1.75. The van der Waals surface area contributed by atoms with E-state index in [4.69, 9.17) is 18.6 Å². The van der Waals surface area contributed by atoms with Crippen molar-refractivity contribution in [3.8, 4) is 0 Å². The lowest BCUT2D eigenvalue weighted by Gasteiger charge is -2.17. The van der Waals surface area contributed by atoms with Crippen LogP contribution in [0.3, 0.4) is 0 Å². The standard InChI is InChI=1S/C15H13N5.ClHO4/c1-3-10-16-12(6-1)18-14-8-5-9-15(20-14)19-13-7-2-4-11-17-13;2-1(3,4)5/h1-11H,(H2,16,17,18,19,20);(H,2,3,4,5). The molecule has 3 aromatic rings. The molecule has 0 saturated heterocycles. The average Bonchev–Trinajstić information content (AvgIpc) is 2.56. The largest absolute Gasteiger partial charge is 0.325 e. The summed E-state index contributed by atoms with van der Waals surface area (Å²) >= 11 is 0. The summed E-state index contributed by atoms with van der Waals surface area (Å²) in [4.78, 5) is 11.8. The van der Waals surface area contributed by atoms with Gasteiger partial charge < -0.3 is 5.32 Å². The number of nitrogens with one attached hydrogen (secondary N) is 3. The number of hydrogen-bond donors (Lipinski definition) is 2. The third-order valence-corrected chi connectivity index (χ3v) is 2.64. The zero-order valence-electron chi connectivity index (χ0n) is 12.8. The first-order valence-corrected chi connectivity index (χ1v) is 8.14. The molecular formula is C15H14ClN5O4. The molecule has 0 aliphatic heterocycles. The summed E-state index contributed by atoms with van der Waals surface area (Å²) in [5.74, 6) is 3.15. The van der Waals surface area contributed by atoms with E-state index in [0.29, 0.717) is 0 Å². The minimum atomic E-state index is -4.94. The van der Waals surface area contributed by atoms with Gasteiger partial charge in [-0.3, -0.25) is 0 Å². The molecule has 9 nitrogen and oxygen atoms in total. The van der Waals surface area contributed by atoms with Crippen LogP contribution >= 0.6 is 0 Å². The van der Waals surface area contributed by atoms with Crippen LogP contribution in [-0.4, -0.2) is 9.97 Å². The van der Waals surface area contributed by atoms with Crippen molar-refractivity contribution >= 4 is 23.3 Å². The molecule has 3 aromatic heterocycles. The van der Waals surface area contributed by atoms with E-state index in [-0.39, 0.29) is 0 Å². The van der Waals surface area contributed by atoms with Crippen molar-refractivity contribution in [3.63, 3.8) is 0 Å². The highest BCUT2D eigenvalue weighted by atomic mass is 35.7. The Morgan fingerprint density at radius 1 is 0.760 bits per heavy atom. The van der Waals surface area contributed by atoms with Gasteiger partial charge >= 0.3 is 0 Å². The van der Waals surface area contributed by atoms with Gasteiger partial charge in [0.2, 0.25) is 5.82 Å². The number of aromatic nitrogens is 3. The fraction of sp³-hybridized carbons (Fsp3) is 0. The molecule has 3 heterocycles. The molecule has 0 spiro atoms. The van der Waals surface area contributed by atoms with E-state index >= 15 is 0 Å². The molecule has 0 unspecified atom stereocenters. The second-order valence-electron chi connectivity index (χ2n) is 4.53. The summed E-state index contributed by atoms with van der Waals surface area (Å²) in [5.41, 5.74) is 0. The molecule has 0 aliphatic carbocycles. The topological polar surface area (TPSA) is 156 Å². The van der Waals surface area contributed by atoms with Gasteiger partial charge in [-0.1, -0.05) is 18.2 Å². The first-order valence-electron chi connectivity index (χ1n) is 6.91. The Kier molecular flexibility index (Phi) is 6.57. The minimum absolute atomic E-state index is 0.740. The smallest absolute Gasteiger partial charge is 0.278 e. The van der Waals surface area contributed by atoms with Crippen LogP contribution in [0.15, 0.2) is 67.0 Å². The van der Waals surface area contributed by atoms with E-state index in [2.05, 4.69) is 25.6 Å². The summed E-state index contributed by atoms with van der Waals surface area (Å²) < 4.78 is 34.0. The lowest BCUT2D eigenvalue weighted by atomic mass is 10.4. The summed E-state index contributed by atoms with van der Waals surface area (Å²) in [6.07, 6.45) is 3.60. The Morgan fingerprint density at radius 2 is 1.40 bits per heavy atom. The highest BCUT2D eigenvalue weighted by molar-refractivity contribution is 5.57. The van der Waals surface area contributed by atoms with Gasteiger partial charge in [0.15, 0.2) is 0 Å². The van der Waals surface area contributed by atoms with Crippen molar-refractivity contribution in [2.45, 2.75) is 0 Å². The Bertz CT molecular complexity index is 709. The van der Waals surface area contributed by atoms with Crippen molar-refractivity contribution in [1.82, 2.24) is 9.97 Å². The number of pyridine rings is 3. The molecule has 130 valence electrons. The van der Waals surface area contributed by atoms with Gasteiger partial charge in [0.05, 0.1) is 6.20 Å². The van der Waals surface area contributed by atoms with Gasteiger partial charge in [0.25, 0.3) is 5.82 Å². The van der Waals surface area contributed by atoms with E-state index < -0.39 is 10.2 Å². The van der Waals surface area contributed by atoms with Crippen LogP contribution < -0.4 is 34.3 Å². The predicted octanol–water partition coefficient (Wildman–Crippen LogP) is -1.98. The molecule has 3 rings (SSSR count). The molecular weight excluding hydrogens is 350 g/mol.